The summed E-state index contributed by atoms with van der Waals surface area (Å²) in [6, 6.07) is 9.77. The van der Waals surface area contributed by atoms with E-state index >= 15 is 0 Å². The van der Waals surface area contributed by atoms with E-state index < -0.39 is 0 Å². The molecule has 1 heteroatoms. The van der Waals surface area contributed by atoms with Crippen molar-refractivity contribution in [3.8, 4) is 0 Å². The molecule has 0 spiro atoms. The quantitative estimate of drug-likeness (QED) is 0.806. The van der Waals surface area contributed by atoms with E-state index in [1.165, 1.54) is 49.7 Å². The van der Waals surface area contributed by atoms with Gasteiger partial charge in [-0.05, 0) is 49.3 Å². The van der Waals surface area contributed by atoms with Crippen LogP contribution in [0, 0.1) is 11.8 Å². The van der Waals surface area contributed by atoms with Gasteiger partial charge in [-0.15, -0.1) is 0 Å². The minimum atomic E-state index is 0.541. The van der Waals surface area contributed by atoms with Crippen molar-refractivity contribution in [3.63, 3.8) is 0 Å². The molecule has 0 aliphatic heterocycles. The highest BCUT2D eigenvalue weighted by Crippen LogP contribution is 2.37. The maximum atomic E-state index is 3.58. The second-order valence-electron chi connectivity index (χ2n) is 6.29. The van der Waals surface area contributed by atoms with Crippen molar-refractivity contribution in [1.82, 2.24) is 5.32 Å². The van der Waals surface area contributed by atoms with Gasteiger partial charge < -0.3 is 5.32 Å². The van der Waals surface area contributed by atoms with Crippen molar-refractivity contribution >= 4 is 0 Å². The summed E-state index contributed by atoms with van der Waals surface area (Å²) >= 11 is 0. The number of benzene rings is 1. The van der Waals surface area contributed by atoms with Crippen LogP contribution >= 0.6 is 0 Å². The summed E-state index contributed by atoms with van der Waals surface area (Å²) in [5, 5.41) is 3.58. The summed E-state index contributed by atoms with van der Waals surface area (Å²) in [6.45, 7) is 4.66. The fourth-order valence-corrected chi connectivity index (χ4v) is 3.69. The van der Waals surface area contributed by atoms with Crippen LogP contribution in [0.3, 0.4) is 0 Å². The molecule has 1 aliphatic rings. The minimum absolute atomic E-state index is 0.541. The summed E-state index contributed by atoms with van der Waals surface area (Å²) in [5.41, 5.74) is 2.98. The minimum Gasteiger partial charge on any atom is -0.313 e. The Kier molecular flexibility index (Phi) is 5.45. The van der Waals surface area contributed by atoms with Crippen molar-refractivity contribution < 1.29 is 0 Å². The third-order valence-electron chi connectivity index (χ3n) is 4.61. The molecule has 0 heterocycles. The molecule has 0 aromatic heterocycles. The smallest absolute Gasteiger partial charge is 0.0346 e. The summed E-state index contributed by atoms with van der Waals surface area (Å²) in [7, 11) is 2.12. The molecule has 1 aliphatic carbocycles. The molecular formula is C18H29N. The molecule has 0 radical (unpaired) electrons. The first-order valence-corrected chi connectivity index (χ1v) is 8.00. The average molecular weight is 259 g/mol. The first-order valence-electron chi connectivity index (χ1n) is 8.00. The van der Waals surface area contributed by atoms with Crippen molar-refractivity contribution in [2.24, 2.45) is 11.8 Å². The Morgan fingerprint density at radius 3 is 2.84 bits per heavy atom. The zero-order valence-electron chi connectivity index (χ0n) is 12.8. The molecule has 1 N–H and O–H groups in total. The molecular weight excluding hydrogens is 230 g/mol. The Morgan fingerprint density at radius 1 is 1.32 bits per heavy atom. The van der Waals surface area contributed by atoms with Gasteiger partial charge >= 0.3 is 0 Å². The van der Waals surface area contributed by atoms with Gasteiger partial charge in [0.25, 0.3) is 0 Å². The van der Waals surface area contributed by atoms with Gasteiger partial charge in [0.1, 0.15) is 0 Å². The molecule has 3 atom stereocenters. The predicted octanol–water partition coefficient (Wildman–Crippen LogP) is 4.73. The van der Waals surface area contributed by atoms with Gasteiger partial charge in [0, 0.05) is 6.04 Å². The molecule has 1 fully saturated rings. The standard InChI is InChI=1S/C18H29N/c1-4-7-15-9-6-11-17(13-15)18(19-3)16-10-5-8-14(2)12-16/h6,9,11,13-14,16,18-19H,4-5,7-8,10,12H2,1-3H3. The van der Waals surface area contributed by atoms with E-state index in [4.69, 9.17) is 0 Å². The van der Waals surface area contributed by atoms with Crippen LogP contribution in [0.4, 0.5) is 0 Å². The van der Waals surface area contributed by atoms with E-state index in [1.807, 2.05) is 0 Å². The van der Waals surface area contributed by atoms with E-state index in [0.29, 0.717) is 6.04 Å². The van der Waals surface area contributed by atoms with Crippen molar-refractivity contribution in [3.05, 3.63) is 35.4 Å². The lowest BCUT2D eigenvalue weighted by molar-refractivity contribution is 0.230. The monoisotopic (exact) mass is 259 g/mol. The molecule has 0 saturated heterocycles. The highest BCUT2D eigenvalue weighted by molar-refractivity contribution is 5.27. The van der Waals surface area contributed by atoms with Gasteiger partial charge in [-0.25, -0.2) is 0 Å². The molecule has 0 amide bonds. The molecule has 1 aromatic carbocycles. The van der Waals surface area contributed by atoms with Crippen molar-refractivity contribution in [1.29, 1.82) is 0 Å². The molecule has 2 rings (SSSR count). The Labute approximate surface area is 118 Å². The zero-order valence-corrected chi connectivity index (χ0v) is 12.8. The van der Waals surface area contributed by atoms with Gasteiger partial charge in [0.2, 0.25) is 0 Å². The van der Waals surface area contributed by atoms with E-state index in [-0.39, 0.29) is 0 Å². The van der Waals surface area contributed by atoms with Crippen LogP contribution in [0.1, 0.15) is 63.1 Å². The molecule has 1 saturated carbocycles. The summed E-state index contributed by atoms with van der Waals surface area (Å²) in [4.78, 5) is 0. The van der Waals surface area contributed by atoms with Crippen molar-refractivity contribution in [2.45, 2.75) is 58.4 Å². The van der Waals surface area contributed by atoms with Crippen LogP contribution in [0.5, 0.6) is 0 Å². The predicted molar refractivity (Wildman–Crippen MR) is 83.4 cm³/mol. The first kappa shape index (κ1) is 14.6. The van der Waals surface area contributed by atoms with Gasteiger partial charge in [0.05, 0.1) is 0 Å². The Balaban J connectivity index is 2.13. The lowest BCUT2D eigenvalue weighted by Gasteiger charge is -2.33. The van der Waals surface area contributed by atoms with Gasteiger partial charge in [-0.1, -0.05) is 57.4 Å². The van der Waals surface area contributed by atoms with Crippen LogP contribution in [-0.4, -0.2) is 7.05 Å². The maximum absolute atomic E-state index is 3.58. The third kappa shape index (κ3) is 3.82. The maximum Gasteiger partial charge on any atom is 0.0346 e. The van der Waals surface area contributed by atoms with Crippen LogP contribution in [-0.2, 0) is 6.42 Å². The van der Waals surface area contributed by atoms with Crippen LogP contribution in [0.15, 0.2) is 24.3 Å². The fourth-order valence-electron chi connectivity index (χ4n) is 3.69. The highest BCUT2D eigenvalue weighted by Gasteiger charge is 2.26. The molecule has 1 nitrogen and oxygen atoms in total. The Morgan fingerprint density at radius 2 is 2.16 bits per heavy atom. The number of rotatable bonds is 5. The molecule has 3 unspecified atom stereocenters. The SMILES string of the molecule is CCCc1cccc(C(NC)C2CCCC(C)C2)c1. The largest absolute Gasteiger partial charge is 0.313 e. The normalized spacial score (nSPS) is 25.2. The second-order valence-corrected chi connectivity index (χ2v) is 6.29. The van der Waals surface area contributed by atoms with E-state index in [1.54, 1.807) is 0 Å². The highest BCUT2D eigenvalue weighted by atomic mass is 14.9. The average Bonchev–Trinajstić information content (AvgIpc) is 2.41. The number of hydrogen-bond donors (Lipinski definition) is 1. The summed E-state index contributed by atoms with van der Waals surface area (Å²) in [6.07, 6.45) is 8.01. The zero-order chi connectivity index (χ0) is 13.7. The van der Waals surface area contributed by atoms with Crippen molar-refractivity contribution in [2.75, 3.05) is 7.05 Å². The molecule has 19 heavy (non-hydrogen) atoms. The van der Waals surface area contributed by atoms with Gasteiger partial charge in [0.15, 0.2) is 0 Å². The molecule has 0 bridgehead atoms. The van der Waals surface area contributed by atoms with Gasteiger partial charge in [-0.3, -0.25) is 0 Å². The lowest BCUT2D eigenvalue weighted by Crippen LogP contribution is -2.29. The van der Waals surface area contributed by atoms with E-state index in [2.05, 4.69) is 50.5 Å². The molecule has 1 aromatic rings. The Bertz CT molecular complexity index is 385. The first-order chi connectivity index (χ1) is 9.24. The van der Waals surface area contributed by atoms with E-state index in [0.717, 1.165) is 11.8 Å². The topological polar surface area (TPSA) is 12.0 Å². The fraction of sp³-hybridized carbons (Fsp3) is 0.667. The number of hydrogen-bond acceptors (Lipinski definition) is 1. The number of aryl methyl sites for hydroxylation is 1. The number of nitrogens with one attached hydrogen (secondary N) is 1. The van der Waals surface area contributed by atoms with Crippen LogP contribution < -0.4 is 5.32 Å². The third-order valence-corrected chi connectivity index (χ3v) is 4.61. The molecule has 106 valence electrons. The summed E-state index contributed by atoms with van der Waals surface area (Å²) < 4.78 is 0. The second kappa shape index (κ2) is 7.09. The van der Waals surface area contributed by atoms with Crippen LogP contribution in [0.25, 0.3) is 0 Å². The van der Waals surface area contributed by atoms with Gasteiger partial charge in [-0.2, -0.15) is 0 Å². The van der Waals surface area contributed by atoms with E-state index in [9.17, 15) is 0 Å². The summed E-state index contributed by atoms with van der Waals surface area (Å²) in [5.74, 6) is 1.71. The Hall–Kier alpha value is -0.820. The lowest BCUT2D eigenvalue weighted by atomic mass is 9.76. The van der Waals surface area contributed by atoms with Crippen LogP contribution in [0.2, 0.25) is 0 Å².